The molecule has 0 bridgehead atoms. The molecule has 2 rings (SSSR count). The van der Waals surface area contributed by atoms with Gasteiger partial charge in [0.05, 0.1) is 22.0 Å². The van der Waals surface area contributed by atoms with E-state index in [2.05, 4.69) is 5.10 Å². The molecule has 0 amide bonds. The van der Waals surface area contributed by atoms with E-state index in [1.165, 1.54) is 12.1 Å². The number of sulfone groups is 1. The molecule has 0 unspecified atom stereocenters. The summed E-state index contributed by atoms with van der Waals surface area (Å²) in [6.45, 7) is 4.44. The van der Waals surface area contributed by atoms with E-state index in [4.69, 9.17) is 5.73 Å². The van der Waals surface area contributed by atoms with Gasteiger partial charge in [-0.3, -0.25) is 4.68 Å². The number of anilines is 1. The molecule has 19 heavy (non-hydrogen) atoms. The molecule has 0 saturated carbocycles. The summed E-state index contributed by atoms with van der Waals surface area (Å²) in [5.41, 5.74) is 7.64. The Hall–Kier alpha value is -1.82. The van der Waals surface area contributed by atoms with Crippen molar-refractivity contribution in [1.82, 2.24) is 9.78 Å². The zero-order chi connectivity index (χ0) is 14.0. The van der Waals surface area contributed by atoms with Crippen molar-refractivity contribution >= 4 is 15.5 Å². The summed E-state index contributed by atoms with van der Waals surface area (Å²) >= 11 is 0. The van der Waals surface area contributed by atoms with Crippen LogP contribution in [0.1, 0.15) is 18.3 Å². The molecule has 1 aromatic heterocycles. The Morgan fingerprint density at radius 1 is 1.26 bits per heavy atom. The minimum atomic E-state index is -3.37. The zero-order valence-corrected chi connectivity index (χ0v) is 11.8. The molecule has 0 saturated heterocycles. The molecule has 0 atom stereocenters. The highest BCUT2D eigenvalue weighted by atomic mass is 32.2. The number of hydrogen-bond donors (Lipinski definition) is 1. The van der Waals surface area contributed by atoms with E-state index in [9.17, 15) is 8.42 Å². The van der Waals surface area contributed by atoms with Crippen molar-refractivity contribution < 1.29 is 8.42 Å². The second kappa shape index (κ2) is 5.05. The highest BCUT2D eigenvalue weighted by Crippen LogP contribution is 2.18. The summed E-state index contributed by atoms with van der Waals surface area (Å²) in [7, 11) is -3.37. The fourth-order valence-corrected chi connectivity index (χ4v) is 3.28. The van der Waals surface area contributed by atoms with Gasteiger partial charge in [0.25, 0.3) is 0 Å². The maximum Gasteiger partial charge on any atom is 0.184 e. The molecule has 0 aliphatic heterocycles. The first kappa shape index (κ1) is 13.6. The van der Waals surface area contributed by atoms with Crippen LogP contribution in [-0.2, 0) is 22.1 Å². The van der Waals surface area contributed by atoms with E-state index in [0.29, 0.717) is 17.9 Å². The summed E-state index contributed by atoms with van der Waals surface area (Å²) in [5.74, 6) is -0.0500. The van der Waals surface area contributed by atoms with Gasteiger partial charge in [0.1, 0.15) is 0 Å². The number of rotatable bonds is 4. The van der Waals surface area contributed by atoms with Crippen LogP contribution in [0.25, 0.3) is 0 Å². The first-order valence-electron chi connectivity index (χ1n) is 6.04. The van der Waals surface area contributed by atoms with Crippen LogP contribution in [0.15, 0.2) is 35.2 Å². The van der Waals surface area contributed by atoms with E-state index in [1.54, 1.807) is 22.9 Å². The number of nitrogen functional groups attached to an aromatic ring is 1. The number of benzene rings is 1. The number of aryl methyl sites for hydroxylation is 2. The first-order valence-corrected chi connectivity index (χ1v) is 7.69. The van der Waals surface area contributed by atoms with Crippen LogP contribution >= 0.6 is 0 Å². The van der Waals surface area contributed by atoms with Gasteiger partial charge in [0.2, 0.25) is 0 Å². The van der Waals surface area contributed by atoms with Gasteiger partial charge >= 0.3 is 0 Å². The molecule has 0 aliphatic carbocycles. The quantitative estimate of drug-likeness (QED) is 0.865. The lowest BCUT2D eigenvalue weighted by Crippen LogP contribution is -2.10. The molecular weight excluding hydrogens is 262 g/mol. The van der Waals surface area contributed by atoms with E-state index in [1.807, 2.05) is 13.8 Å². The Morgan fingerprint density at radius 3 is 2.47 bits per heavy atom. The van der Waals surface area contributed by atoms with Gasteiger partial charge in [-0.1, -0.05) is 0 Å². The summed E-state index contributed by atoms with van der Waals surface area (Å²) in [6.07, 6.45) is 0. The van der Waals surface area contributed by atoms with Crippen LogP contribution < -0.4 is 5.73 Å². The summed E-state index contributed by atoms with van der Waals surface area (Å²) in [5, 5.41) is 4.25. The van der Waals surface area contributed by atoms with Crippen LogP contribution in [0.2, 0.25) is 0 Å². The van der Waals surface area contributed by atoms with Gasteiger partial charge in [-0.25, -0.2) is 8.42 Å². The zero-order valence-electron chi connectivity index (χ0n) is 11.0. The second-order valence-electron chi connectivity index (χ2n) is 4.42. The molecule has 0 radical (unpaired) electrons. The van der Waals surface area contributed by atoms with Crippen molar-refractivity contribution in [2.75, 3.05) is 5.73 Å². The third-order valence-corrected chi connectivity index (χ3v) is 4.53. The van der Waals surface area contributed by atoms with Crippen LogP contribution in [0.4, 0.5) is 5.69 Å². The van der Waals surface area contributed by atoms with Gasteiger partial charge in [0.15, 0.2) is 9.84 Å². The molecule has 2 aromatic rings. The van der Waals surface area contributed by atoms with E-state index >= 15 is 0 Å². The lowest BCUT2D eigenvalue weighted by atomic mass is 10.3. The highest BCUT2D eigenvalue weighted by Gasteiger charge is 2.18. The lowest BCUT2D eigenvalue weighted by Gasteiger charge is -2.06. The minimum absolute atomic E-state index is 0.0500. The molecule has 1 heterocycles. The van der Waals surface area contributed by atoms with Crippen molar-refractivity contribution in [1.29, 1.82) is 0 Å². The number of nitrogens with zero attached hydrogens (tertiary/aromatic N) is 2. The summed E-state index contributed by atoms with van der Waals surface area (Å²) in [6, 6.07) is 8.05. The topological polar surface area (TPSA) is 78.0 Å². The Balaban J connectivity index is 2.33. The van der Waals surface area contributed by atoms with Crippen molar-refractivity contribution in [3.8, 4) is 0 Å². The standard InChI is InChI=1S/C13H17N3O2S/c1-3-16-12(8-10(2)15-16)9-19(17,18)13-6-4-11(14)5-7-13/h4-8H,3,9,14H2,1-2H3. The van der Waals surface area contributed by atoms with Crippen molar-refractivity contribution in [3.63, 3.8) is 0 Å². The number of hydrogen-bond acceptors (Lipinski definition) is 4. The van der Waals surface area contributed by atoms with Gasteiger partial charge < -0.3 is 5.73 Å². The van der Waals surface area contributed by atoms with Crippen molar-refractivity contribution in [3.05, 3.63) is 41.7 Å². The SMILES string of the molecule is CCn1nc(C)cc1CS(=O)(=O)c1ccc(N)cc1. The summed E-state index contributed by atoms with van der Waals surface area (Å²) < 4.78 is 26.3. The molecule has 0 fully saturated rings. The minimum Gasteiger partial charge on any atom is -0.399 e. The molecule has 5 nitrogen and oxygen atoms in total. The predicted molar refractivity (Wildman–Crippen MR) is 74.4 cm³/mol. The predicted octanol–water partition coefficient (Wildman–Crippen LogP) is 1.77. The van der Waals surface area contributed by atoms with Crippen LogP contribution in [0.5, 0.6) is 0 Å². The van der Waals surface area contributed by atoms with Gasteiger partial charge in [-0.15, -0.1) is 0 Å². The van der Waals surface area contributed by atoms with Gasteiger partial charge in [-0.05, 0) is 44.2 Å². The average Bonchev–Trinajstić information content (AvgIpc) is 2.69. The average molecular weight is 279 g/mol. The van der Waals surface area contributed by atoms with Crippen molar-refractivity contribution in [2.45, 2.75) is 31.0 Å². The fourth-order valence-electron chi connectivity index (χ4n) is 1.94. The maximum atomic E-state index is 12.3. The largest absolute Gasteiger partial charge is 0.399 e. The number of nitrogens with two attached hydrogens (primary N) is 1. The van der Waals surface area contributed by atoms with Crippen molar-refractivity contribution in [2.24, 2.45) is 0 Å². The Bertz CT molecular complexity index is 672. The lowest BCUT2D eigenvalue weighted by molar-refractivity contribution is 0.585. The molecular formula is C13H17N3O2S. The third kappa shape index (κ3) is 2.96. The molecule has 102 valence electrons. The highest BCUT2D eigenvalue weighted by molar-refractivity contribution is 7.90. The molecule has 0 aliphatic rings. The second-order valence-corrected chi connectivity index (χ2v) is 6.41. The molecule has 6 heteroatoms. The van der Waals surface area contributed by atoms with E-state index in [-0.39, 0.29) is 10.6 Å². The monoisotopic (exact) mass is 279 g/mol. The molecule has 0 spiro atoms. The van der Waals surface area contributed by atoms with Crippen LogP contribution in [-0.4, -0.2) is 18.2 Å². The normalized spacial score (nSPS) is 11.7. The van der Waals surface area contributed by atoms with E-state index < -0.39 is 9.84 Å². The van der Waals surface area contributed by atoms with E-state index in [0.717, 1.165) is 5.69 Å². The Kier molecular flexibility index (Phi) is 3.61. The Morgan fingerprint density at radius 2 is 1.89 bits per heavy atom. The van der Waals surface area contributed by atoms with Crippen LogP contribution in [0.3, 0.4) is 0 Å². The first-order chi connectivity index (χ1) is 8.92. The summed E-state index contributed by atoms with van der Waals surface area (Å²) in [4.78, 5) is 0.281. The number of aromatic nitrogens is 2. The smallest absolute Gasteiger partial charge is 0.184 e. The van der Waals surface area contributed by atoms with Gasteiger partial charge in [-0.2, -0.15) is 5.10 Å². The molecule has 1 aromatic carbocycles. The third-order valence-electron chi connectivity index (χ3n) is 2.86. The van der Waals surface area contributed by atoms with Gasteiger partial charge in [0, 0.05) is 12.2 Å². The fraction of sp³-hybridized carbons (Fsp3) is 0.308. The molecule has 2 N–H and O–H groups in total. The van der Waals surface area contributed by atoms with Crippen LogP contribution in [0, 0.1) is 6.92 Å². The Labute approximate surface area is 113 Å². The maximum absolute atomic E-state index is 12.3.